The molecule has 0 radical (unpaired) electrons. The third kappa shape index (κ3) is 7.65. The second-order valence-corrected chi connectivity index (χ2v) is 7.28. The first-order valence-electron chi connectivity index (χ1n) is 10.4. The van der Waals surface area contributed by atoms with Crippen LogP contribution in [0.4, 0.5) is 0 Å². The highest BCUT2D eigenvalue weighted by atomic mass is 16.7. The van der Waals surface area contributed by atoms with E-state index in [-0.39, 0.29) is 6.29 Å². The highest BCUT2D eigenvalue weighted by Crippen LogP contribution is 2.27. The Kier molecular flexibility index (Phi) is 10.0. The average Bonchev–Trinajstić information content (AvgIpc) is 2.66. The number of benzene rings is 1. The van der Waals surface area contributed by atoms with Crippen LogP contribution in [0, 0.1) is 5.92 Å². The van der Waals surface area contributed by atoms with E-state index < -0.39 is 0 Å². The maximum Gasteiger partial charge on any atom is 0.191 e. The van der Waals surface area contributed by atoms with Gasteiger partial charge in [0.2, 0.25) is 0 Å². The monoisotopic (exact) mass is 363 g/mol. The van der Waals surface area contributed by atoms with Crippen LogP contribution in [0.3, 0.4) is 0 Å². The summed E-state index contributed by atoms with van der Waals surface area (Å²) in [6.07, 6.45) is 8.03. The van der Waals surface area contributed by atoms with Crippen molar-refractivity contribution in [2.75, 3.05) is 19.8 Å². The van der Waals surface area contributed by atoms with Crippen molar-refractivity contribution in [3.05, 3.63) is 29.8 Å². The van der Waals surface area contributed by atoms with E-state index in [1.165, 1.54) is 44.1 Å². The van der Waals surface area contributed by atoms with Crippen LogP contribution in [0.5, 0.6) is 5.75 Å². The molecule has 0 heterocycles. The predicted molar refractivity (Wildman–Crippen MR) is 106 cm³/mol. The van der Waals surface area contributed by atoms with Gasteiger partial charge in [-0.05, 0) is 39.2 Å². The predicted octanol–water partition coefficient (Wildman–Crippen LogP) is 4.91. The molecular weight excluding hydrogens is 326 g/mol. The summed E-state index contributed by atoms with van der Waals surface area (Å²) in [6, 6.07) is 8.77. The summed E-state index contributed by atoms with van der Waals surface area (Å²) in [5.74, 6) is 1.81. The zero-order chi connectivity index (χ0) is 18.6. The lowest BCUT2D eigenvalue weighted by Crippen LogP contribution is -2.29. The molecule has 0 aliphatic heterocycles. The molecule has 2 rings (SSSR count). The zero-order valence-electron chi connectivity index (χ0n) is 16.8. The third-order valence-electron chi connectivity index (χ3n) is 5.11. The Morgan fingerprint density at radius 1 is 1.04 bits per heavy atom. The van der Waals surface area contributed by atoms with Crippen molar-refractivity contribution < 1.29 is 14.2 Å². The number of hydrogen-bond acceptors (Lipinski definition) is 4. The quantitative estimate of drug-likeness (QED) is 0.536. The fourth-order valence-corrected chi connectivity index (χ4v) is 3.75. The minimum absolute atomic E-state index is 0.309. The van der Waals surface area contributed by atoms with E-state index in [1.54, 1.807) is 0 Å². The van der Waals surface area contributed by atoms with Gasteiger partial charge in [-0.2, -0.15) is 0 Å². The highest BCUT2D eigenvalue weighted by Gasteiger charge is 2.17. The summed E-state index contributed by atoms with van der Waals surface area (Å²) in [7, 11) is 0. The van der Waals surface area contributed by atoms with Gasteiger partial charge in [0.1, 0.15) is 12.4 Å². The Morgan fingerprint density at radius 2 is 1.73 bits per heavy atom. The molecular formula is C22H37NO3. The Balaban J connectivity index is 1.81. The van der Waals surface area contributed by atoms with Crippen LogP contribution in [0.15, 0.2) is 24.3 Å². The normalized spacial score (nSPS) is 16.8. The minimum Gasteiger partial charge on any atom is -0.488 e. The van der Waals surface area contributed by atoms with Gasteiger partial charge in [-0.15, -0.1) is 0 Å². The van der Waals surface area contributed by atoms with E-state index >= 15 is 0 Å². The molecule has 1 N–H and O–H groups in total. The summed E-state index contributed by atoms with van der Waals surface area (Å²) in [4.78, 5) is 0. The Hall–Kier alpha value is -1.10. The summed E-state index contributed by atoms with van der Waals surface area (Å²) in [5, 5.41) is 3.68. The van der Waals surface area contributed by atoms with Crippen LogP contribution in [0.2, 0.25) is 0 Å². The zero-order valence-corrected chi connectivity index (χ0v) is 16.8. The summed E-state index contributed by atoms with van der Waals surface area (Å²) in [6.45, 7) is 8.73. The van der Waals surface area contributed by atoms with Gasteiger partial charge in [0.15, 0.2) is 6.29 Å². The lowest BCUT2D eigenvalue weighted by molar-refractivity contribution is -0.152. The lowest BCUT2D eigenvalue weighted by Gasteiger charge is -2.25. The standard InChI is InChI=1S/C22H37NO3/c1-4-24-22(25-5-2)17-26-21-14-10-9-13-20(21)16-23-18(3)15-19-11-7-6-8-12-19/h9-10,13-14,18-19,22-23H,4-8,11-12,15-17H2,1-3H3. The SMILES string of the molecule is CCOC(COc1ccccc1CNC(C)CC1CCCCC1)OCC. The van der Waals surface area contributed by atoms with Crippen LogP contribution >= 0.6 is 0 Å². The molecule has 0 bridgehead atoms. The second-order valence-electron chi connectivity index (χ2n) is 7.28. The van der Waals surface area contributed by atoms with E-state index in [4.69, 9.17) is 14.2 Å². The van der Waals surface area contributed by atoms with Crippen molar-refractivity contribution in [2.45, 2.75) is 78.2 Å². The molecule has 1 aromatic carbocycles. The fourth-order valence-electron chi connectivity index (χ4n) is 3.75. The molecule has 1 aliphatic rings. The second kappa shape index (κ2) is 12.3. The maximum absolute atomic E-state index is 6.00. The number of para-hydroxylation sites is 1. The van der Waals surface area contributed by atoms with Gasteiger partial charge >= 0.3 is 0 Å². The molecule has 1 fully saturated rings. The molecule has 0 saturated heterocycles. The molecule has 1 aliphatic carbocycles. The van der Waals surface area contributed by atoms with Gasteiger partial charge in [0, 0.05) is 31.4 Å². The molecule has 26 heavy (non-hydrogen) atoms. The van der Waals surface area contributed by atoms with Gasteiger partial charge in [0.25, 0.3) is 0 Å². The molecule has 148 valence electrons. The molecule has 0 amide bonds. The Morgan fingerprint density at radius 3 is 2.42 bits per heavy atom. The van der Waals surface area contributed by atoms with Crippen molar-refractivity contribution >= 4 is 0 Å². The molecule has 0 aromatic heterocycles. The lowest BCUT2D eigenvalue weighted by atomic mass is 9.85. The molecule has 1 saturated carbocycles. The Labute approximate surface area is 159 Å². The van der Waals surface area contributed by atoms with Gasteiger partial charge in [-0.1, -0.05) is 50.3 Å². The van der Waals surface area contributed by atoms with Gasteiger partial charge in [-0.3, -0.25) is 0 Å². The van der Waals surface area contributed by atoms with Gasteiger partial charge in [0.05, 0.1) is 0 Å². The number of nitrogens with one attached hydrogen (secondary N) is 1. The van der Waals surface area contributed by atoms with Gasteiger partial charge < -0.3 is 19.5 Å². The smallest absolute Gasteiger partial charge is 0.191 e. The number of rotatable bonds is 12. The van der Waals surface area contributed by atoms with Gasteiger partial charge in [-0.25, -0.2) is 0 Å². The number of ether oxygens (including phenoxy) is 3. The van der Waals surface area contributed by atoms with Crippen molar-refractivity contribution in [3.63, 3.8) is 0 Å². The first-order valence-corrected chi connectivity index (χ1v) is 10.4. The first-order chi connectivity index (χ1) is 12.7. The van der Waals surface area contributed by atoms with E-state index in [0.717, 1.165) is 18.2 Å². The van der Waals surface area contributed by atoms with Crippen molar-refractivity contribution in [3.8, 4) is 5.75 Å². The van der Waals surface area contributed by atoms with E-state index in [0.29, 0.717) is 25.9 Å². The highest BCUT2D eigenvalue weighted by molar-refractivity contribution is 5.33. The van der Waals surface area contributed by atoms with E-state index in [2.05, 4.69) is 24.4 Å². The van der Waals surface area contributed by atoms with Crippen molar-refractivity contribution in [1.82, 2.24) is 5.32 Å². The van der Waals surface area contributed by atoms with E-state index in [9.17, 15) is 0 Å². The van der Waals surface area contributed by atoms with E-state index in [1.807, 2.05) is 26.0 Å². The average molecular weight is 364 g/mol. The molecule has 4 nitrogen and oxygen atoms in total. The molecule has 1 unspecified atom stereocenters. The topological polar surface area (TPSA) is 39.7 Å². The molecule has 0 spiro atoms. The van der Waals surface area contributed by atoms with Crippen LogP contribution in [0.1, 0.15) is 64.9 Å². The Bertz CT molecular complexity index is 482. The first kappa shape index (κ1) is 21.2. The van der Waals surface area contributed by atoms with Crippen LogP contribution in [-0.2, 0) is 16.0 Å². The van der Waals surface area contributed by atoms with Crippen LogP contribution in [-0.4, -0.2) is 32.2 Å². The van der Waals surface area contributed by atoms with Crippen LogP contribution < -0.4 is 10.1 Å². The summed E-state index contributed by atoms with van der Waals surface area (Å²) < 4.78 is 17.1. The molecule has 1 atom stereocenters. The van der Waals surface area contributed by atoms with Crippen molar-refractivity contribution in [1.29, 1.82) is 0 Å². The van der Waals surface area contributed by atoms with Crippen LogP contribution in [0.25, 0.3) is 0 Å². The minimum atomic E-state index is -0.309. The fraction of sp³-hybridized carbons (Fsp3) is 0.727. The van der Waals surface area contributed by atoms with Crippen molar-refractivity contribution in [2.24, 2.45) is 5.92 Å². The third-order valence-corrected chi connectivity index (χ3v) is 5.11. The molecule has 4 heteroatoms. The maximum atomic E-state index is 6.00. The number of hydrogen-bond donors (Lipinski definition) is 1. The molecule has 1 aromatic rings. The largest absolute Gasteiger partial charge is 0.488 e. The summed E-state index contributed by atoms with van der Waals surface area (Å²) in [5.41, 5.74) is 1.19. The summed E-state index contributed by atoms with van der Waals surface area (Å²) >= 11 is 0.